The highest BCUT2D eigenvalue weighted by molar-refractivity contribution is 7.13. The lowest BCUT2D eigenvalue weighted by Gasteiger charge is -2.35. The molecule has 0 aromatic carbocycles. The zero-order valence-corrected chi connectivity index (χ0v) is 8.50. The Morgan fingerprint density at radius 3 is 3.15 bits per heavy atom. The minimum Gasteiger partial charge on any atom is -0.344 e. The van der Waals surface area contributed by atoms with E-state index in [1.807, 2.05) is 0 Å². The molecule has 0 saturated carbocycles. The second kappa shape index (κ2) is 3.59. The van der Waals surface area contributed by atoms with Gasteiger partial charge in [-0.05, 0) is 19.8 Å². The molecule has 1 aromatic rings. The van der Waals surface area contributed by atoms with Gasteiger partial charge in [0, 0.05) is 18.6 Å². The van der Waals surface area contributed by atoms with Crippen molar-refractivity contribution in [1.82, 2.24) is 10.2 Å². The smallest absolute Gasteiger partial charge is 0.208 e. The van der Waals surface area contributed by atoms with Gasteiger partial charge in [-0.15, -0.1) is 10.2 Å². The van der Waals surface area contributed by atoms with Crippen LogP contribution < -0.4 is 10.6 Å². The van der Waals surface area contributed by atoms with E-state index in [0.717, 1.165) is 24.5 Å². The molecule has 1 aliphatic heterocycles. The van der Waals surface area contributed by atoms with Crippen LogP contribution >= 0.6 is 11.3 Å². The summed E-state index contributed by atoms with van der Waals surface area (Å²) < 4.78 is 0. The van der Waals surface area contributed by atoms with Crippen molar-refractivity contribution in [2.45, 2.75) is 31.8 Å². The first kappa shape index (κ1) is 8.90. The number of rotatable bonds is 1. The number of hydrogen-bond acceptors (Lipinski definition) is 5. The Balaban J connectivity index is 2.08. The van der Waals surface area contributed by atoms with Crippen LogP contribution in [0.4, 0.5) is 5.13 Å². The van der Waals surface area contributed by atoms with Crippen molar-refractivity contribution in [3.63, 3.8) is 0 Å². The molecule has 0 radical (unpaired) electrons. The summed E-state index contributed by atoms with van der Waals surface area (Å²) in [5, 5.41) is 8.94. The minimum atomic E-state index is 0.360. The van der Waals surface area contributed by atoms with Gasteiger partial charge in [-0.1, -0.05) is 11.3 Å². The molecule has 72 valence electrons. The average Bonchev–Trinajstić information content (AvgIpc) is 2.56. The normalized spacial score (nSPS) is 29.2. The second-order valence-electron chi connectivity index (χ2n) is 3.55. The molecule has 2 rings (SSSR count). The third kappa shape index (κ3) is 1.81. The van der Waals surface area contributed by atoms with Gasteiger partial charge in [0.2, 0.25) is 5.13 Å². The monoisotopic (exact) mass is 198 g/mol. The zero-order valence-electron chi connectivity index (χ0n) is 7.68. The molecular weight excluding hydrogens is 184 g/mol. The highest BCUT2D eigenvalue weighted by atomic mass is 32.1. The molecule has 13 heavy (non-hydrogen) atoms. The molecule has 0 bridgehead atoms. The quantitative estimate of drug-likeness (QED) is 0.727. The van der Waals surface area contributed by atoms with Gasteiger partial charge >= 0.3 is 0 Å². The van der Waals surface area contributed by atoms with E-state index in [1.54, 1.807) is 16.8 Å². The van der Waals surface area contributed by atoms with Crippen molar-refractivity contribution in [2.75, 3.05) is 11.4 Å². The molecule has 2 N–H and O–H groups in total. The maximum absolute atomic E-state index is 5.88. The first-order chi connectivity index (χ1) is 6.27. The van der Waals surface area contributed by atoms with Gasteiger partial charge in [-0.25, -0.2) is 0 Å². The SMILES string of the molecule is CC1CC(N)CCN1c1nncs1. The van der Waals surface area contributed by atoms with Gasteiger partial charge in [-0.3, -0.25) is 0 Å². The Labute approximate surface area is 81.8 Å². The first-order valence-corrected chi connectivity index (χ1v) is 5.43. The lowest BCUT2D eigenvalue weighted by Crippen LogP contribution is -2.45. The van der Waals surface area contributed by atoms with E-state index in [2.05, 4.69) is 22.0 Å². The highest BCUT2D eigenvalue weighted by Crippen LogP contribution is 2.24. The molecule has 0 spiro atoms. The lowest BCUT2D eigenvalue weighted by atomic mass is 10.00. The fourth-order valence-electron chi connectivity index (χ4n) is 1.79. The summed E-state index contributed by atoms with van der Waals surface area (Å²) in [6, 6.07) is 0.857. The lowest BCUT2D eigenvalue weighted by molar-refractivity contribution is 0.428. The molecule has 0 amide bonds. The molecule has 0 aliphatic carbocycles. The Hall–Kier alpha value is -0.680. The predicted octanol–water partition coefficient (Wildman–Crippen LogP) is 0.854. The molecule has 1 aliphatic rings. The van der Waals surface area contributed by atoms with Crippen LogP contribution in [0.3, 0.4) is 0 Å². The Bertz CT molecular complexity index is 261. The number of aromatic nitrogens is 2. The molecule has 2 atom stereocenters. The van der Waals surface area contributed by atoms with E-state index in [9.17, 15) is 0 Å². The van der Waals surface area contributed by atoms with Crippen LogP contribution in [-0.2, 0) is 0 Å². The summed E-state index contributed by atoms with van der Waals surface area (Å²) in [4.78, 5) is 2.29. The first-order valence-electron chi connectivity index (χ1n) is 4.56. The van der Waals surface area contributed by atoms with Gasteiger partial charge in [0.25, 0.3) is 0 Å². The summed E-state index contributed by atoms with van der Waals surface area (Å²) in [6.45, 7) is 3.21. The highest BCUT2D eigenvalue weighted by Gasteiger charge is 2.24. The molecule has 1 fully saturated rings. The topological polar surface area (TPSA) is 55.0 Å². The summed E-state index contributed by atoms with van der Waals surface area (Å²) >= 11 is 1.60. The summed E-state index contributed by atoms with van der Waals surface area (Å²) in [6.07, 6.45) is 2.11. The van der Waals surface area contributed by atoms with E-state index in [0.29, 0.717) is 12.1 Å². The van der Waals surface area contributed by atoms with Crippen molar-refractivity contribution in [1.29, 1.82) is 0 Å². The number of anilines is 1. The van der Waals surface area contributed by atoms with Crippen molar-refractivity contribution in [3.05, 3.63) is 5.51 Å². The zero-order chi connectivity index (χ0) is 9.26. The predicted molar refractivity (Wildman–Crippen MR) is 53.9 cm³/mol. The number of nitrogens with two attached hydrogens (primary N) is 1. The van der Waals surface area contributed by atoms with Crippen LogP contribution in [0.25, 0.3) is 0 Å². The van der Waals surface area contributed by atoms with Crippen molar-refractivity contribution < 1.29 is 0 Å². The number of nitrogens with zero attached hydrogens (tertiary/aromatic N) is 3. The fourth-order valence-corrected chi connectivity index (χ4v) is 2.47. The van der Waals surface area contributed by atoms with Gasteiger partial charge < -0.3 is 10.6 Å². The summed E-state index contributed by atoms with van der Waals surface area (Å²) in [5.41, 5.74) is 7.66. The molecule has 2 heterocycles. The van der Waals surface area contributed by atoms with Crippen molar-refractivity contribution in [3.8, 4) is 0 Å². The van der Waals surface area contributed by atoms with Crippen LogP contribution in [0.5, 0.6) is 0 Å². The largest absolute Gasteiger partial charge is 0.344 e. The molecule has 2 unspecified atom stereocenters. The fraction of sp³-hybridized carbons (Fsp3) is 0.750. The van der Waals surface area contributed by atoms with Crippen LogP contribution in [-0.4, -0.2) is 28.8 Å². The number of hydrogen-bond donors (Lipinski definition) is 1. The van der Waals surface area contributed by atoms with Crippen LogP contribution in [0.2, 0.25) is 0 Å². The molecule has 4 nitrogen and oxygen atoms in total. The molecule has 1 saturated heterocycles. The number of piperidine rings is 1. The van der Waals surface area contributed by atoms with Gasteiger partial charge in [-0.2, -0.15) is 0 Å². The summed E-state index contributed by atoms with van der Waals surface area (Å²) in [7, 11) is 0. The third-order valence-corrected chi connectivity index (χ3v) is 3.24. The van der Waals surface area contributed by atoms with E-state index < -0.39 is 0 Å². The van der Waals surface area contributed by atoms with Crippen molar-refractivity contribution >= 4 is 16.5 Å². The molecular formula is C8H14N4S. The van der Waals surface area contributed by atoms with Crippen LogP contribution in [0.1, 0.15) is 19.8 Å². The van der Waals surface area contributed by atoms with Crippen LogP contribution in [0, 0.1) is 0 Å². The maximum Gasteiger partial charge on any atom is 0.208 e. The maximum atomic E-state index is 5.88. The molecule has 1 aromatic heterocycles. The van der Waals surface area contributed by atoms with Crippen molar-refractivity contribution in [2.24, 2.45) is 5.73 Å². The van der Waals surface area contributed by atoms with Gasteiger partial charge in [0.15, 0.2) is 0 Å². The average molecular weight is 198 g/mol. The Morgan fingerprint density at radius 2 is 2.54 bits per heavy atom. The van der Waals surface area contributed by atoms with E-state index in [1.165, 1.54) is 0 Å². The third-order valence-electron chi connectivity index (χ3n) is 2.51. The standard InChI is InChI=1S/C8H14N4S/c1-6-4-7(9)2-3-12(6)8-11-10-5-13-8/h5-7H,2-4,9H2,1H3. The second-order valence-corrected chi connectivity index (χ2v) is 4.36. The van der Waals surface area contributed by atoms with E-state index in [4.69, 9.17) is 5.73 Å². The molecule has 5 heteroatoms. The summed E-state index contributed by atoms with van der Waals surface area (Å²) in [5.74, 6) is 0. The van der Waals surface area contributed by atoms with Crippen LogP contribution in [0.15, 0.2) is 5.51 Å². The van der Waals surface area contributed by atoms with Gasteiger partial charge in [0.05, 0.1) is 0 Å². The Kier molecular flexibility index (Phi) is 2.46. The van der Waals surface area contributed by atoms with E-state index >= 15 is 0 Å². The van der Waals surface area contributed by atoms with E-state index in [-0.39, 0.29) is 0 Å². The van der Waals surface area contributed by atoms with Gasteiger partial charge in [0.1, 0.15) is 5.51 Å². The minimum absolute atomic E-state index is 0.360. The Morgan fingerprint density at radius 1 is 1.69 bits per heavy atom.